The minimum Gasteiger partial charge on any atom is -0.356 e. The van der Waals surface area contributed by atoms with E-state index in [2.05, 4.69) is 29.5 Å². The minimum atomic E-state index is -4.10. The molecule has 0 amide bonds. The first-order valence-corrected chi connectivity index (χ1v) is 7.10. The monoisotopic (exact) mass is 294 g/mol. The van der Waals surface area contributed by atoms with Crippen molar-refractivity contribution in [2.75, 3.05) is 33.2 Å². The fourth-order valence-corrected chi connectivity index (χ4v) is 2.25. The van der Waals surface area contributed by atoms with Gasteiger partial charge in [-0.2, -0.15) is 13.2 Å². The number of guanidine groups is 1. The Balaban J connectivity index is 2.29. The van der Waals surface area contributed by atoms with Crippen molar-refractivity contribution in [2.45, 2.75) is 38.9 Å². The zero-order valence-electron chi connectivity index (χ0n) is 12.4. The molecule has 20 heavy (non-hydrogen) atoms. The van der Waals surface area contributed by atoms with Crippen molar-refractivity contribution in [1.29, 1.82) is 0 Å². The predicted octanol–water partition coefficient (Wildman–Crippen LogP) is 1.83. The van der Waals surface area contributed by atoms with Gasteiger partial charge >= 0.3 is 6.18 Å². The van der Waals surface area contributed by atoms with Gasteiger partial charge in [-0.25, -0.2) is 0 Å². The van der Waals surface area contributed by atoms with Gasteiger partial charge in [0.05, 0.1) is 6.54 Å². The summed E-state index contributed by atoms with van der Waals surface area (Å²) in [6.45, 7) is 5.01. The normalized spacial score (nSPS) is 22.9. The van der Waals surface area contributed by atoms with E-state index in [9.17, 15) is 13.2 Å². The molecule has 0 saturated carbocycles. The molecule has 7 heteroatoms. The van der Waals surface area contributed by atoms with Gasteiger partial charge in [0.15, 0.2) is 5.96 Å². The minimum absolute atomic E-state index is 0.243. The molecule has 118 valence electrons. The van der Waals surface area contributed by atoms with Gasteiger partial charge in [0.25, 0.3) is 0 Å². The lowest BCUT2D eigenvalue weighted by atomic mass is 10.1. The quantitative estimate of drug-likeness (QED) is 0.600. The molecule has 1 rings (SSSR count). The van der Waals surface area contributed by atoms with Crippen LogP contribution >= 0.6 is 0 Å². The molecular weight excluding hydrogens is 269 g/mol. The van der Waals surface area contributed by atoms with Crippen molar-refractivity contribution in [2.24, 2.45) is 10.9 Å². The van der Waals surface area contributed by atoms with Gasteiger partial charge in [0.2, 0.25) is 0 Å². The largest absolute Gasteiger partial charge is 0.401 e. The summed E-state index contributed by atoms with van der Waals surface area (Å²) in [7, 11) is 1.70. The topological polar surface area (TPSA) is 39.7 Å². The van der Waals surface area contributed by atoms with Crippen molar-refractivity contribution < 1.29 is 13.2 Å². The smallest absolute Gasteiger partial charge is 0.356 e. The summed E-state index contributed by atoms with van der Waals surface area (Å²) in [6.07, 6.45) is -2.32. The van der Waals surface area contributed by atoms with E-state index in [0.29, 0.717) is 31.6 Å². The Morgan fingerprint density at radius 3 is 2.70 bits per heavy atom. The van der Waals surface area contributed by atoms with Gasteiger partial charge < -0.3 is 10.6 Å². The maximum atomic E-state index is 12.3. The number of halogens is 3. The highest BCUT2D eigenvalue weighted by atomic mass is 19.4. The highest BCUT2D eigenvalue weighted by Gasteiger charge is 2.34. The zero-order valence-corrected chi connectivity index (χ0v) is 12.4. The number of aliphatic imine (C=N–C) groups is 1. The van der Waals surface area contributed by atoms with E-state index in [4.69, 9.17) is 0 Å². The van der Waals surface area contributed by atoms with E-state index in [1.165, 1.54) is 4.90 Å². The van der Waals surface area contributed by atoms with Crippen LogP contribution in [0.4, 0.5) is 13.2 Å². The predicted molar refractivity (Wildman–Crippen MR) is 74.9 cm³/mol. The molecule has 2 unspecified atom stereocenters. The molecular formula is C13H25F3N4. The van der Waals surface area contributed by atoms with Crippen molar-refractivity contribution in [1.82, 2.24) is 15.5 Å². The van der Waals surface area contributed by atoms with Crippen LogP contribution in [0.2, 0.25) is 0 Å². The van der Waals surface area contributed by atoms with E-state index in [0.717, 1.165) is 12.8 Å². The van der Waals surface area contributed by atoms with Gasteiger partial charge in [-0.3, -0.25) is 9.89 Å². The Kier molecular flexibility index (Phi) is 6.58. The summed E-state index contributed by atoms with van der Waals surface area (Å²) < 4.78 is 36.9. The Labute approximate surface area is 118 Å². The van der Waals surface area contributed by atoms with Gasteiger partial charge in [-0.05, 0) is 32.2 Å². The molecule has 1 aliphatic rings. The molecule has 1 heterocycles. The van der Waals surface area contributed by atoms with Gasteiger partial charge in [-0.15, -0.1) is 0 Å². The average Bonchev–Trinajstić information content (AvgIpc) is 2.79. The molecule has 0 aliphatic carbocycles. The van der Waals surface area contributed by atoms with Crippen LogP contribution in [0, 0.1) is 5.92 Å². The molecule has 1 saturated heterocycles. The first-order chi connectivity index (χ1) is 9.34. The van der Waals surface area contributed by atoms with E-state index in [1.54, 1.807) is 7.05 Å². The molecule has 2 atom stereocenters. The Hall–Kier alpha value is -0.980. The van der Waals surface area contributed by atoms with Gasteiger partial charge in [-0.1, -0.05) is 6.92 Å². The lowest BCUT2D eigenvalue weighted by molar-refractivity contribution is -0.143. The Morgan fingerprint density at radius 1 is 1.45 bits per heavy atom. The van der Waals surface area contributed by atoms with Crippen LogP contribution in [0.15, 0.2) is 4.99 Å². The number of likely N-dealkylation sites (tertiary alicyclic amines) is 1. The number of nitrogens with one attached hydrogen (secondary N) is 2. The van der Waals surface area contributed by atoms with Crippen LogP contribution in [0.25, 0.3) is 0 Å². The molecule has 1 aliphatic heterocycles. The maximum Gasteiger partial charge on any atom is 0.401 e. The van der Waals surface area contributed by atoms with Gasteiger partial charge in [0.1, 0.15) is 0 Å². The Bertz CT molecular complexity index is 317. The number of hydrogen-bond acceptors (Lipinski definition) is 2. The Morgan fingerprint density at radius 2 is 2.15 bits per heavy atom. The molecule has 4 nitrogen and oxygen atoms in total. The highest BCUT2D eigenvalue weighted by molar-refractivity contribution is 5.79. The summed E-state index contributed by atoms with van der Waals surface area (Å²) in [5.74, 6) is 0.960. The standard InChI is InChI=1S/C13H25F3N4/c1-4-10(2)19-12(17-3)18-7-11-5-6-20(8-11)9-13(14,15)16/h10-11H,4-9H2,1-3H3,(H2,17,18,19). The number of hydrogen-bond donors (Lipinski definition) is 2. The summed E-state index contributed by atoms with van der Waals surface area (Å²) in [5.41, 5.74) is 0. The summed E-state index contributed by atoms with van der Waals surface area (Å²) >= 11 is 0. The van der Waals surface area contributed by atoms with Crippen LogP contribution in [0.3, 0.4) is 0 Å². The third kappa shape index (κ3) is 6.45. The van der Waals surface area contributed by atoms with E-state index in [-0.39, 0.29) is 5.92 Å². The van der Waals surface area contributed by atoms with Crippen LogP contribution in [-0.2, 0) is 0 Å². The molecule has 0 aromatic carbocycles. The van der Waals surface area contributed by atoms with E-state index >= 15 is 0 Å². The van der Waals surface area contributed by atoms with E-state index < -0.39 is 12.7 Å². The first-order valence-electron chi connectivity index (χ1n) is 7.10. The van der Waals surface area contributed by atoms with Crippen LogP contribution in [-0.4, -0.2) is 56.3 Å². The number of nitrogens with zero attached hydrogens (tertiary/aromatic N) is 2. The zero-order chi connectivity index (χ0) is 15.2. The molecule has 0 radical (unpaired) electrons. The van der Waals surface area contributed by atoms with Crippen molar-refractivity contribution in [3.63, 3.8) is 0 Å². The van der Waals surface area contributed by atoms with E-state index in [1.807, 2.05) is 0 Å². The second kappa shape index (κ2) is 7.71. The molecule has 0 bridgehead atoms. The second-order valence-corrected chi connectivity index (χ2v) is 5.41. The lowest BCUT2D eigenvalue weighted by Gasteiger charge is -2.20. The fraction of sp³-hybridized carbons (Fsp3) is 0.923. The first kappa shape index (κ1) is 17.1. The molecule has 1 fully saturated rings. The van der Waals surface area contributed by atoms with Crippen LogP contribution < -0.4 is 10.6 Å². The number of alkyl halides is 3. The van der Waals surface area contributed by atoms with Crippen molar-refractivity contribution in [3.05, 3.63) is 0 Å². The molecule has 0 aromatic rings. The highest BCUT2D eigenvalue weighted by Crippen LogP contribution is 2.22. The molecule has 0 spiro atoms. The fourth-order valence-electron chi connectivity index (χ4n) is 2.25. The second-order valence-electron chi connectivity index (χ2n) is 5.41. The third-order valence-electron chi connectivity index (χ3n) is 3.55. The summed E-state index contributed by atoms with van der Waals surface area (Å²) in [6, 6.07) is 0.325. The molecule has 0 aromatic heterocycles. The number of rotatable bonds is 5. The SMILES string of the molecule is CCC(C)NC(=NC)NCC1CCN(CC(F)(F)F)C1. The average molecular weight is 294 g/mol. The van der Waals surface area contributed by atoms with Gasteiger partial charge in [0, 0.05) is 26.2 Å². The van der Waals surface area contributed by atoms with Crippen molar-refractivity contribution >= 4 is 5.96 Å². The van der Waals surface area contributed by atoms with Crippen LogP contribution in [0.1, 0.15) is 26.7 Å². The van der Waals surface area contributed by atoms with Crippen molar-refractivity contribution in [3.8, 4) is 0 Å². The lowest BCUT2D eigenvalue weighted by Crippen LogP contribution is -2.44. The summed E-state index contributed by atoms with van der Waals surface area (Å²) in [5, 5.41) is 6.43. The third-order valence-corrected chi connectivity index (χ3v) is 3.55. The summed E-state index contributed by atoms with van der Waals surface area (Å²) in [4.78, 5) is 5.59. The molecule has 2 N–H and O–H groups in total. The maximum absolute atomic E-state index is 12.3. The van der Waals surface area contributed by atoms with Crippen LogP contribution in [0.5, 0.6) is 0 Å².